The van der Waals surface area contributed by atoms with E-state index in [2.05, 4.69) is 37.3 Å². The average Bonchev–Trinajstić information content (AvgIpc) is 2.46. The lowest BCUT2D eigenvalue weighted by Gasteiger charge is -2.11. The van der Waals surface area contributed by atoms with Crippen molar-refractivity contribution >= 4 is 0 Å². The fraction of sp³-hybridized carbons (Fsp3) is 0.684. The van der Waals surface area contributed by atoms with Crippen molar-refractivity contribution in [2.75, 3.05) is 0 Å². The molecule has 1 aromatic rings. The van der Waals surface area contributed by atoms with E-state index in [1.165, 1.54) is 69.8 Å². The smallest absolute Gasteiger partial charge is 0.00793 e. The zero-order valence-corrected chi connectivity index (χ0v) is 13.3. The standard InChI is InChI=1S/C19H33N/c1-2-3-4-5-6-7-8-9-13-16-19(20)17-18-14-11-10-12-15-18/h10-12,14-15,19H,2-9,13,16-17,20H2,1H3. The third-order valence-electron chi connectivity index (χ3n) is 4.02. The van der Waals surface area contributed by atoms with E-state index in [1.54, 1.807) is 0 Å². The van der Waals surface area contributed by atoms with Crippen molar-refractivity contribution in [3.05, 3.63) is 35.9 Å². The van der Waals surface area contributed by atoms with E-state index in [0.29, 0.717) is 6.04 Å². The fourth-order valence-electron chi connectivity index (χ4n) is 2.74. The van der Waals surface area contributed by atoms with Gasteiger partial charge in [-0.1, -0.05) is 95.0 Å². The second kappa shape index (κ2) is 12.0. The van der Waals surface area contributed by atoms with Crippen LogP contribution in [0.15, 0.2) is 30.3 Å². The van der Waals surface area contributed by atoms with E-state index in [4.69, 9.17) is 5.73 Å². The molecule has 0 fully saturated rings. The molecule has 1 heteroatoms. The summed E-state index contributed by atoms with van der Waals surface area (Å²) in [4.78, 5) is 0. The summed E-state index contributed by atoms with van der Waals surface area (Å²) in [7, 11) is 0. The highest BCUT2D eigenvalue weighted by atomic mass is 14.6. The number of hydrogen-bond donors (Lipinski definition) is 1. The molecule has 0 heterocycles. The minimum absolute atomic E-state index is 0.335. The zero-order chi connectivity index (χ0) is 14.5. The highest BCUT2D eigenvalue weighted by molar-refractivity contribution is 5.15. The Kier molecular flexibility index (Phi) is 10.3. The van der Waals surface area contributed by atoms with Gasteiger partial charge in [-0.25, -0.2) is 0 Å². The van der Waals surface area contributed by atoms with E-state index < -0.39 is 0 Å². The quantitative estimate of drug-likeness (QED) is 0.502. The maximum atomic E-state index is 6.20. The van der Waals surface area contributed by atoms with E-state index >= 15 is 0 Å². The Morgan fingerprint density at radius 2 is 1.35 bits per heavy atom. The Bertz CT molecular complexity index is 307. The van der Waals surface area contributed by atoms with Gasteiger partial charge in [-0.3, -0.25) is 0 Å². The maximum absolute atomic E-state index is 6.20. The molecule has 2 N–H and O–H groups in total. The average molecular weight is 275 g/mol. The normalized spacial score (nSPS) is 12.5. The first-order chi connectivity index (χ1) is 9.83. The predicted molar refractivity (Wildman–Crippen MR) is 90.0 cm³/mol. The molecule has 1 unspecified atom stereocenters. The molecule has 0 saturated heterocycles. The lowest BCUT2D eigenvalue weighted by atomic mass is 10.00. The Labute approximate surface area is 126 Å². The summed E-state index contributed by atoms with van der Waals surface area (Å²) >= 11 is 0. The maximum Gasteiger partial charge on any atom is 0.00793 e. The van der Waals surface area contributed by atoms with Crippen LogP contribution in [-0.4, -0.2) is 6.04 Å². The summed E-state index contributed by atoms with van der Waals surface area (Å²) in [5, 5.41) is 0. The van der Waals surface area contributed by atoms with Gasteiger partial charge in [0.25, 0.3) is 0 Å². The molecule has 1 rings (SSSR count). The summed E-state index contributed by atoms with van der Waals surface area (Å²) in [6.45, 7) is 2.28. The first-order valence-electron chi connectivity index (χ1n) is 8.62. The highest BCUT2D eigenvalue weighted by Gasteiger charge is 2.03. The Balaban J connectivity index is 1.91. The van der Waals surface area contributed by atoms with Crippen molar-refractivity contribution < 1.29 is 0 Å². The largest absolute Gasteiger partial charge is 0.327 e. The molecule has 1 nitrogen and oxygen atoms in total. The summed E-state index contributed by atoms with van der Waals surface area (Å²) < 4.78 is 0. The molecule has 0 spiro atoms. The van der Waals surface area contributed by atoms with Gasteiger partial charge in [0.1, 0.15) is 0 Å². The van der Waals surface area contributed by atoms with Gasteiger partial charge < -0.3 is 5.73 Å². The first-order valence-corrected chi connectivity index (χ1v) is 8.62. The fourth-order valence-corrected chi connectivity index (χ4v) is 2.74. The van der Waals surface area contributed by atoms with Crippen LogP contribution in [0.25, 0.3) is 0 Å². The van der Waals surface area contributed by atoms with Gasteiger partial charge in [-0.15, -0.1) is 0 Å². The first kappa shape index (κ1) is 17.2. The third-order valence-corrected chi connectivity index (χ3v) is 4.02. The number of benzene rings is 1. The van der Waals surface area contributed by atoms with Crippen LogP contribution < -0.4 is 5.73 Å². The molecule has 1 aromatic carbocycles. The summed E-state index contributed by atoms with van der Waals surface area (Å²) in [5.74, 6) is 0. The lowest BCUT2D eigenvalue weighted by Crippen LogP contribution is -2.22. The van der Waals surface area contributed by atoms with Crippen LogP contribution in [-0.2, 0) is 6.42 Å². The lowest BCUT2D eigenvalue weighted by molar-refractivity contribution is 0.522. The molecular weight excluding hydrogens is 242 g/mol. The molecule has 0 radical (unpaired) electrons. The highest BCUT2D eigenvalue weighted by Crippen LogP contribution is 2.12. The molecule has 0 aliphatic rings. The molecule has 0 amide bonds. The molecule has 20 heavy (non-hydrogen) atoms. The second-order valence-corrected chi connectivity index (χ2v) is 6.07. The van der Waals surface area contributed by atoms with E-state index in [-0.39, 0.29) is 0 Å². The molecule has 0 aliphatic heterocycles. The molecular formula is C19H33N. The summed E-state index contributed by atoms with van der Waals surface area (Å²) in [6, 6.07) is 10.9. The second-order valence-electron chi connectivity index (χ2n) is 6.07. The van der Waals surface area contributed by atoms with E-state index in [0.717, 1.165) is 6.42 Å². The van der Waals surface area contributed by atoms with Gasteiger partial charge in [0.05, 0.1) is 0 Å². The summed E-state index contributed by atoms with van der Waals surface area (Å²) in [6.07, 6.45) is 14.7. The molecule has 0 aromatic heterocycles. The molecule has 0 bridgehead atoms. The van der Waals surface area contributed by atoms with Gasteiger partial charge in [-0.05, 0) is 18.4 Å². The van der Waals surface area contributed by atoms with Crippen LogP contribution >= 0.6 is 0 Å². The van der Waals surface area contributed by atoms with Crippen LogP contribution in [0.3, 0.4) is 0 Å². The number of rotatable bonds is 12. The van der Waals surface area contributed by atoms with Crippen molar-refractivity contribution in [1.29, 1.82) is 0 Å². The minimum Gasteiger partial charge on any atom is -0.327 e. The van der Waals surface area contributed by atoms with Crippen molar-refractivity contribution in [2.24, 2.45) is 5.73 Å². The van der Waals surface area contributed by atoms with Gasteiger partial charge in [-0.2, -0.15) is 0 Å². The number of unbranched alkanes of at least 4 members (excludes halogenated alkanes) is 8. The summed E-state index contributed by atoms with van der Waals surface area (Å²) in [5.41, 5.74) is 7.57. The number of nitrogens with two attached hydrogens (primary N) is 1. The molecule has 0 aliphatic carbocycles. The van der Waals surface area contributed by atoms with E-state index in [9.17, 15) is 0 Å². The molecule has 0 saturated carbocycles. The molecule has 114 valence electrons. The third kappa shape index (κ3) is 9.14. The Morgan fingerprint density at radius 3 is 1.95 bits per heavy atom. The molecule has 1 atom stereocenters. The Hall–Kier alpha value is -0.820. The van der Waals surface area contributed by atoms with Crippen LogP contribution in [0, 0.1) is 0 Å². The van der Waals surface area contributed by atoms with Crippen LogP contribution in [0.2, 0.25) is 0 Å². The van der Waals surface area contributed by atoms with Crippen LogP contribution in [0.5, 0.6) is 0 Å². The predicted octanol–water partition coefficient (Wildman–Crippen LogP) is 5.48. The van der Waals surface area contributed by atoms with Crippen molar-refractivity contribution in [2.45, 2.75) is 83.6 Å². The van der Waals surface area contributed by atoms with Gasteiger partial charge in [0.2, 0.25) is 0 Å². The van der Waals surface area contributed by atoms with Crippen molar-refractivity contribution in [3.8, 4) is 0 Å². The van der Waals surface area contributed by atoms with Crippen molar-refractivity contribution in [1.82, 2.24) is 0 Å². The van der Waals surface area contributed by atoms with Crippen LogP contribution in [0.4, 0.5) is 0 Å². The topological polar surface area (TPSA) is 26.0 Å². The Morgan fingerprint density at radius 1 is 0.800 bits per heavy atom. The van der Waals surface area contributed by atoms with Gasteiger partial charge in [0.15, 0.2) is 0 Å². The van der Waals surface area contributed by atoms with Gasteiger partial charge >= 0.3 is 0 Å². The monoisotopic (exact) mass is 275 g/mol. The minimum atomic E-state index is 0.335. The SMILES string of the molecule is CCCCCCCCCCCC(N)Cc1ccccc1. The van der Waals surface area contributed by atoms with Gasteiger partial charge in [0, 0.05) is 6.04 Å². The van der Waals surface area contributed by atoms with Crippen LogP contribution in [0.1, 0.15) is 76.7 Å². The van der Waals surface area contributed by atoms with Crippen molar-refractivity contribution in [3.63, 3.8) is 0 Å². The zero-order valence-electron chi connectivity index (χ0n) is 13.3. The van der Waals surface area contributed by atoms with E-state index in [1.807, 2.05) is 0 Å². The number of hydrogen-bond acceptors (Lipinski definition) is 1.